The van der Waals surface area contributed by atoms with Crippen molar-refractivity contribution in [3.8, 4) is 16.3 Å². The van der Waals surface area contributed by atoms with Crippen molar-refractivity contribution < 1.29 is 18.4 Å². The van der Waals surface area contributed by atoms with E-state index in [1.165, 1.54) is 23.5 Å². The average molecular weight is 418 g/mol. The molecule has 152 valence electrons. The van der Waals surface area contributed by atoms with Gasteiger partial charge in [0.25, 0.3) is 0 Å². The van der Waals surface area contributed by atoms with E-state index in [0.29, 0.717) is 12.8 Å². The zero-order valence-electron chi connectivity index (χ0n) is 16.0. The third-order valence-electron chi connectivity index (χ3n) is 4.61. The highest BCUT2D eigenvalue weighted by molar-refractivity contribution is 7.13. The van der Waals surface area contributed by atoms with Crippen LogP contribution in [0.15, 0.2) is 41.8 Å². The molecule has 0 unspecified atom stereocenters. The molecule has 0 fully saturated rings. The summed E-state index contributed by atoms with van der Waals surface area (Å²) in [5, 5.41) is 13.4. The van der Waals surface area contributed by atoms with Crippen molar-refractivity contribution in [3.05, 3.63) is 79.8 Å². The zero-order chi connectivity index (χ0) is 21.0. The van der Waals surface area contributed by atoms with Crippen LogP contribution in [0.2, 0.25) is 0 Å². The van der Waals surface area contributed by atoms with Gasteiger partial charge in [0, 0.05) is 28.7 Å². The summed E-state index contributed by atoms with van der Waals surface area (Å²) in [5.74, 6) is 0.115. The van der Waals surface area contributed by atoms with Gasteiger partial charge in [0.15, 0.2) is 0 Å². The van der Waals surface area contributed by atoms with E-state index in [0.717, 1.165) is 38.5 Å². The Morgan fingerprint density at radius 1 is 1.14 bits per heavy atom. The molecular formula is C21H20F2N2O3S. The topological polar surface area (TPSA) is 65.3 Å². The van der Waals surface area contributed by atoms with Gasteiger partial charge in [-0.2, -0.15) is 8.78 Å². The molecule has 1 heterocycles. The van der Waals surface area contributed by atoms with Crippen LogP contribution in [0.25, 0.3) is 10.6 Å². The Labute approximate surface area is 171 Å². The van der Waals surface area contributed by atoms with Gasteiger partial charge in [-0.3, -0.25) is 10.1 Å². The van der Waals surface area contributed by atoms with Crippen LogP contribution >= 0.6 is 11.3 Å². The Morgan fingerprint density at radius 2 is 1.79 bits per heavy atom. The van der Waals surface area contributed by atoms with Crippen LogP contribution in [0.4, 0.5) is 8.78 Å². The first-order chi connectivity index (χ1) is 13.8. The van der Waals surface area contributed by atoms with Crippen molar-refractivity contribution in [1.29, 1.82) is 0 Å². The molecule has 5 nitrogen and oxygen atoms in total. The number of hydrogen-bond acceptors (Lipinski definition) is 5. The van der Waals surface area contributed by atoms with Crippen LogP contribution in [0, 0.1) is 24.0 Å². The first-order valence-corrected chi connectivity index (χ1v) is 9.90. The van der Waals surface area contributed by atoms with Gasteiger partial charge in [-0.25, -0.2) is 4.98 Å². The van der Waals surface area contributed by atoms with Gasteiger partial charge in [0.2, 0.25) is 6.54 Å². The Bertz CT molecular complexity index is 1000. The summed E-state index contributed by atoms with van der Waals surface area (Å²) in [5.41, 5.74) is 6.00. The molecule has 8 heteroatoms. The Morgan fingerprint density at radius 3 is 2.45 bits per heavy atom. The van der Waals surface area contributed by atoms with Gasteiger partial charge in [-0.1, -0.05) is 12.1 Å². The maximum Gasteiger partial charge on any atom is 0.387 e. The molecule has 0 amide bonds. The molecule has 0 saturated carbocycles. The minimum atomic E-state index is -2.84. The third-order valence-corrected chi connectivity index (χ3v) is 5.55. The second-order valence-electron chi connectivity index (χ2n) is 6.74. The van der Waals surface area contributed by atoms with Crippen molar-refractivity contribution in [2.75, 3.05) is 6.54 Å². The highest BCUT2D eigenvalue weighted by Crippen LogP contribution is 2.28. The predicted octanol–water partition coefficient (Wildman–Crippen LogP) is 5.44. The Balaban J connectivity index is 1.73. The van der Waals surface area contributed by atoms with E-state index in [4.69, 9.17) is 0 Å². The molecule has 3 rings (SSSR count). The molecule has 3 aromatic rings. The molecule has 0 aliphatic rings. The van der Waals surface area contributed by atoms with E-state index in [9.17, 15) is 18.9 Å². The molecule has 0 N–H and O–H groups in total. The number of nitrogens with zero attached hydrogens (tertiary/aromatic N) is 2. The zero-order valence-corrected chi connectivity index (χ0v) is 16.8. The predicted molar refractivity (Wildman–Crippen MR) is 108 cm³/mol. The SMILES string of the molecule is Cc1cc(Cc2csc(-c3ccc(OC(F)F)cc3)n2)c(C)cc1CC[N+](=O)[O-]. The van der Waals surface area contributed by atoms with Gasteiger partial charge in [-0.15, -0.1) is 11.3 Å². The minimum absolute atomic E-state index is 0.0732. The van der Waals surface area contributed by atoms with Gasteiger partial charge in [-0.05, 0) is 60.4 Å². The number of ether oxygens (including phenoxy) is 1. The third kappa shape index (κ3) is 5.57. The summed E-state index contributed by atoms with van der Waals surface area (Å²) in [7, 11) is 0. The van der Waals surface area contributed by atoms with Crippen LogP contribution in [0.1, 0.15) is 27.9 Å². The highest BCUT2D eigenvalue weighted by atomic mass is 32.1. The molecule has 0 aliphatic heterocycles. The van der Waals surface area contributed by atoms with E-state index in [-0.39, 0.29) is 17.2 Å². The van der Waals surface area contributed by atoms with Gasteiger partial charge in [0.1, 0.15) is 10.8 Å². The lowest BCUT2D eigenvalue weighted by atomic mass is 9.96. The lowest BCUT2D eigenvalue weighted by Gasteiger charge is -2.10. The monoisotopic (exact) mass is 418 g/mol. The fraction of sp³-hybridized carbons (Fsp3) is 0.286. The van der Waals surface area contributed by atoms with E-state index in [1.807, 2.05) is 25.3 Å². The summed E-state index contributed by atoms with van der Waals surface area (Å²) in [6.07, 6.45) is 1.08. The smallest absolute Gasteiger partial charge is 0.387 e. The van der Waals surface area contributed by atoms with E-state index in [1.54, 1.807) is 12.1 Å². The number of hydrogen-bond donors (Lipinski definition) is 0. The van der Waals surface area contributed by atoms with Crippen LogP contribution in [-0.4, -0.2) is 23.1 Å². The molecule has 1 aromatic heterocycles. The van der Waals surface area contributed by atoms with Crippen molar-refractivity contribution in [2.24, 2.45) is 0 Å². The number of thiazole rings is 1. The highest BCUT2D eigenvalue weighted by Gasteiger charge is 2.11. The number of nitro groups is 1. The van der Waals surface area contributed by atoms with Crippen molar-refractivity contribution in [2.45, 2.75) is 33.3 Å². The molecule has 0 saturated heterocycles. The molecule has 0 aliphatic carbocycles. The second-order valence-corrected chi connectivity index (χ2v) is 7.59. The molecular weight excluding hydrogens is 398 g/mol. The fourth-order valence-electron chi connectivity index (χ4n) is 3.10. The summed E-state index contributed by atoms with van der Waals surface area (Å²) in [4.78, 5) is 15.0. The molecule has 0 atom stereocenters. The van der Waals surface area contributed by atoms with Gasteiger partial charge >= 0.3 is 6.61 Å². The standard InChI is InChI=1S/C21H20F2N2O3S/c1-13-10-17(14(2)9-16(13)7-8-25(26)27)11-18-12-29-20(24-18)15-3-5-19(6-4-15)28-21(22)23/h3-6,9-10,12,21H,7-8,11H2,1-2H3. The molecule has 0 radical (unpaired) electrons. The largest absolute Gasteiger partial charge is 0.435 e. The number of aryl methyl sites for hydroxylation is 2. The normalized spacial score (nSPS) is 11.1. The number of benzene rings is 2. The number of aromatic nitrogens is 1. The Hall–Kier alpha value is -2.87. The van der Waals surface area contributed by atoms with Crippen molar-refractivity contribution in [1.82, 2.24) is 4.98 Å². The minimum Gasteiger partial charge on any atom is -0.435 e. The first-order valence-electron chi connectivity index (χ1n) is 9.02. The number of rotatable bonds is 8. The first kappa shape index (κ1) is 20.9. The quantitative estimate of drug-likeness (QED) is 0.361. The van der Waals surface area contributed by atoms with Crippen molar-refractivity contribution >= 4 is 11.3 Å². The second kappa shape index (κ2) is 9.09. The number of halogens is 2. The van der Waals surface area contributed by atoms with E-state index >= 15 is 0 Å². The Kier molecular flexibility index (Phi) is 6.53. The molecule has 2 aromatic carbocycles. The lowest BCUT2D eigenvalue weighted by Crippen LogP contribution is -2.06. The molecule has 0 bridgehead atoms. The summed E-state index contributed by atoms with van der Waals surface area (Å²) in [6, 6.07) is 10.5. The van der Waals surface area contributed by atoms with E-state index in [2.05, 4.69) is 15.8 Å². The molecule has 0 spiro atoms. The maximum absolute atomic E-state index is 12.3. The van der Waals surface area contributed by atoms with Crippen LogP contribution in [-0.2, 0) is 12.8 Å². The van der Waals surface area contributed by atoms with Crippen LogP contribution < -0.4 is 4.74 Å². The number of alkyl halides is 2. The summed E-state index contributed by atoms with van der Waals surface area (Å²) < 4.78 is 28.9. The maximum atomic E-state index is 12.3. The van der Waals surface area contributed by atoms with Crippen LogP contribution in [0.3, 0.4) is 0 Å². The molecule has 29 heavy (non-hydrogen) atoms. The lowest BCUT2D eigenvalue weighted by molar-refractivity contribution is -0.479. The summed E-state index contributed by atoms with van der Waals surface area (Å²) in [6.45, 7) is 1.05. The van der Waals surface area contributed by atoms with Crippen LogP contribution in [0.5, 0.6) is 5.75 Å². The fourth-order valence-corrected chi connectivity index (χ4v) is 3.93. The average Bonchev–Trinajstić information content (AvgIpc) is 3.12. The summed E-state index contributed by atoms with van der Waals surface area (Å²) >= 11 is 1.49. The van der Waals surface area contributed by atoms with Gasteiger partial charge < -0.3 is 4.74 Å². The van der Waals surface area contributed by atoms with Gasteiger partial charge in [0.05, 0.1) is 5.69 Å². The van der Waals surface area contributed by atoms with E-state index < -0.39 is 6.61 Å². The van der Waals surface area contributed by atoms with Crippen molar-refractivity contribution in [3.63, 3.8) is 0 Å².